The van der Waals surface area contributed by atoms with Crippen LogP contribution >= 0.6 is 0 Å². The van der Waals surface area contributed by atoms with E-state index in [0.29, 0.717) is 0 Å². The first-order valence-corrected chi connectivity index (χ1v) is 5.57. The van der Waals surface area contributed by atoms with E-state index in [1.807, 2.05) is 0 Å². The molecule has 3 aliphatic rings. The lowest BCUT2D eigenvalue weighted by Gasteiger charge is -2.34. The van der Waals surface area contributed by atoms with Crippen molar-refractivity contribution >= 4 is 0 Å². The molecule has 3 rings (SSSR count). The highest BCUT2D eigenvalue weighted by Gasteiger charge is 2.44. The number of piperidine rings is 1. The Labute approximate surface area is 75.1 Å². The number of fused-ring (bicyclic) bond motifs is 4. The quantitative estimate of drug-likeness (QED) is 0.531. The minimum absolute atomic E-state index is 0.999. The smallest absolute Gasteiger partial charge is 0.0126 e. The van der Waals surface area contributed by atoms with Crippen LogP contribution in [0.5, 0.6) is 0 Å². The molecule has 1 aliphatic carbocycles. The van der Waals surface area contributed by atoms with Gasteiger partial charge in [-0.1, -0.05) is 6.92 Å². The molecule has 1 saturated carbocycles. The third-order valence-corrected chi connectivity index (χ3v) is 4.32. The number of hydrogen-bond donors (Lipinski definition) is 0. The van der Waals surface area contributed by atoms with Gasteiger partial charge in [0.15, 0.2) is 0 Å². The lowest BCUT2D eigenvalue weighted by molar-refractivity contribution is 0.139. The van der Waals surface area contributed by atoms with Gasteiger partial charge in [0.2, 0.25) is 0 Å². The average molecular weight is 165 g/mol. The van der Waals surface area contributed by atoms with Gasteiger partial charge in [-0.2, -0.15) is 0 Å². The Morgan fingerprint density at radius 2 is 2.08 bits per heavy atom. The van der Waals surface area contributed by atoms with Crippen molar-refractivity contribution in [1.29, 1.82) is 0 Å². The van der Waals surface area contributed by atoms with Crippen LogP contribution in [-0.2, 0) is 0 Å². The van der Waals surface area contributed by atoms with Crippen molar-refractivity contribution in [3.8, 4) is 0 Å². The zero-order chi connectivity index (χ0) is 8.13. The normalized spacial score (nSPS) is 57.2. The molecule has 0 aromatic heterocycles. The minimum Gasteiger partial charge on any atom is -0.300 e. The van der Waals surface area contributed by atoms with Crippen LogP contribution < -0.4 is 0 Å². The maximum Gasteiger partial charge on any atom is 0.0126 e. The van der Waals surface area contributed by atoms with E-state index in [0.717, 1.165) is 23.8 Å². The molecule has 0 radical (unpaired) electrons. The van der Waals surface area contributed by atoms with Crippen molar-refractivity contribution in [1.82, 2.24) is 4.90 Å². The fourth-order valence-corrected chi connectivity index (χ4v) is 3.86. The molecule has 1 heteroatoms. The first kappa shape index (κ1) is 7.37. The van der Waals surface area contributed by atoms with E-state index >= 15 is 0 Å². The lowest BCUT2D eigenvalue weighted by atomic mass is 9.87. The van der Waals surface area contributed by atoms with Gasteiger partial charge in [-0.25, -0.2) is 0 Å². The van der Waals surface area contributed by atoms with Crippen molar-refractivity contribution in [3.05, 3.63) is 0 Å². The van der Waals surface area contributed by atoms with Crippen LogP contribution in [0.2, 0.25) is 0 Å². The van der Waals surface area contributed by atoms with Gasteiger partial charge in [-0.05, 0) is 50.0 Å². The highest BCUT2D eigenvalue weighted by atomic mass is 15.2. The van der Waals surface area contributed by atoms with Gasteiger partial charge in [-0.15, -0.1) is 0 Å². The summed E-state index contributed by atoms with van der Waals surface area (Å²) >= 11 is 0. The largest absolute Gasteiger partial charge is 0.300 e. The molecular weight excluding hydrogens is 146 g/mol. The van der Waals surface area contributed by atoms with E-state index < -0.39 is 0 Å². The van der Waals surface area contributed by atoms with Gasteiger partial charge in [0, 0.05) is 12.6 Å². The summed E-state index contributed by atoms with van der Waals surface area (Å²) in [5.41, 5.74) is 0. The Morgan fingerprint density at radius 3 is 3.00 bits per heavy atom. The fourth-order valence-electron chi connectivity index (χ4n) is 3.86. The van der Waals surface area contributed by atoms with E-state index in [-0.39, 0.29) is 0 Å². The van der Waals surface area contributed by atoms with Crippen LogP contribution in [0.1, 0.15) is 32.6 Å². The fraction of sp³-hybridized carbons (Fsp3) is 1.00. The molecule has 1 nitrogen and oxygen atoms in total. The summed E-state index contributed by atoms with van der Waals surface area (Å²) in [6.07, 6.45) is 6.09. The molecule has 2 aliphatic heterocycles. The van der Waals surface area contributed by atoms with Crippen molar-refractivity contribution < 1.29 is 0 Å². The Morgan fingerprint density at radius 1 is 1.17 bits per heavy atom. The maximum absolute atomic E-state index is 2.78. The molecule has 12 heavy (non-hydrogen) atoms. The van der Waals surface area contributed by atoms with Crippen molar-refractivity contribution in [2.75, 3.05) is 13.1 Å². The van der Waals surface area contributed by atoms with E-state index in [4.69, 9.17) is 0 Å². The molecule has 0 N–H and O–H groups in total. The molecule has 2 bridgehead atoms. The zero-order valence-electron chi connectivity index (χ0n) is 8.00. The molecule has 2 heterocycles. The van der Waals surface area contributed by atoms with E-state index in [9.17, 15) is 0 Å². The highest BCUT2D eigenvalue weighted by molar-refractivity contribution is 4.97. The molecule has 68 valence electrons. The van der Waals surface area contributed by atoms with E-state index in [1.54, 1.807) is 6.42 Å². The molecule has 5 atom stereocenters. The van der Waals surface area contributed by atoms with E-state index in [2.05, 4.69) is 11.8 Å². The highest BCUT2D eigenvalue weighted by Crippen LogP contribution is 2.45. The monoisotopic (exact) mass is 165 g/mol. The Bertz CT molecular complexity index is 189. The van der Waals surface area contributed by atoms with Gasteiger partial charge in [0.05, 0.1) is 0 Å². The topological polar surface area (TPSA) is 3.24 Å². The molecule has 0 spiro atoms. The van der Waals surface area contributed by atoms with Gasteiger partial charge < -0.3 is 0 Å². The third kappa shape index (κ3) is 0.953. The van der Waals surface area contributed by atoms with Crippen LogP contribution in [0.25, 0.3) is 0 Å². The molecular formula is C11H19N. The van der Waals surface area contributed by atoms with Gasteiger partial charge in [0.25, 0.3) is 0 Å². The van der Waals surface area contributed by atoms with Gasteiger partial charge >= 0.3 is 0 Å². The molecule has 3 fully saturated rings. The predicted octanol–water partition coefficient (Wildman–Crippen LogP) is 2.13. The average Bonchev–Trinajstić information content (AvgIpc) is 2.57. The van der Waals surface area contributed by atoms with Crippen molar-refractivity contribution in [2.24, 2.45) is 17.8 Å². The lowest BCUT2D eigenvalue weighted by Crippen LogP contribution is -2.40. The number of hydrogen-bond acceptors (Lipinski definition) is 1. The van der Waals surface area contributed by atoms with Crippen molar-refractivity contribution in [3.63, 3.8) is 0 Å². The Hall–Kier alpha value is -0.0400. The zero-order valence-corrected chi connectivity index (χ0v) is 8.00. The predicted molar refractivity (Wildman–Crippen MR) is 50.0 cm³/mol. The van der Waals surface area contributed by atoms with Gasteiger partial charge in [0.1, 0.15) is 0 Å². The SMILES string of the molecule is CC1CC2CC3CCN(C3)C2C1. The third-order valence-electron chi connectivity index (χ3n) is 4.32. The molecule has 0 aromatic carbocycles. The summed E-state index contributed by atoms with van der Waals surface area (Å²) in [6, 6.07) is 0.999. The van der Waals surface area contributed by atoms with Crippen LogP contribution in [0.4, 0.5) is 0 Å². The number of nitrogens with zero attached hydrogens (tertiary/aromatic N) is 1. The van der Waals surface area contributed by atoms with Crippen LogP contribution in [0.15, 0.2) is 0 Å². The molecule has 0 amide bonds. The minimum atomic E-state index is 0.999. The van der Waals surface area contributed by atoms with Crippen LogP contribution in [0, 0.1) is 17.8 Å². The maximum atomic E-state index is 2.78. The second-order valence-corrected chi connectivity index (χ2v) is 5.29. The standard InChI is InChI=1S/C11H19N/c1-8-4-10-6-9-2-3-12(7-9)11(10)5-8/h8-11H,2-7H2,1H3. The van der Waals surface area contributed by atoms with Crippen molar-refractivity contribution in [2.45, 2.75) is 38.6 Å². The second-order valence-electron chi connectivity index (χ2n) is 5.29. The summed E-state index contributed by atoms with van der Waals surface area (Å²) in [7, 11) is 0. The Balaban J connectivity index is 1.82. The van der Waals surface area contributed by atoms with E-state index in [1.165, 1.54) is 32.4 Å². The molecule has 2 saturated heterocycles. The first-order valence-electron chi connectivity index (χ1n) is 5.57. The van der Waals surface area contributed by atoms with Gasteiger partial charge in [-0.3, -0.25) is 4.90 Å². The number of rotatable bonds is 0. The first-order chi connectivity index (χ1) is 5.83. The van der Waals surface area contributed by atoms with Crippen LogP contribution in [0.3, 0.4) is 0 Å². The summed E-state index contributed by atoms with van der Waals surface area (Å²) in [5, 5.41) is 0. The summed E-state index contributed by atoms with van der Waals surface area (Å²) in [4.78, 5) is 2.78. The second kappa shape index (κ2) is 2.47. The summed E-state index contributed by atoms with van der Waals surface area (Å²) < 4.78 is 0. The molecule has 5 unspecified atom stereocenters. The summed E-state index contributed by atoms with van der Waals surface area (Å²) in [6.45, 7) is 5.29. The van der Waals surface area contributed by atoms with Crippen LogP contribution in [-0.4, -0.2) is 24.0 Å². The summed E-state index contributed by atoms with van der Waals surface area (Å²) in [5.74, 6) is 3.18. The molecule has 0 aromatic rings. The Kier molecular flexibility index (Phi) is 1.52.